The van der Waals surface area contributed by atoms with Crippen LogP contribution in [0, 0.1) is 0 Å². The summed E-state index contributed by atoms with van der Waals surface area (Å²) in [6.07, 6.45) is -0.0117. The van der Waals surface area contributed by atoms with Crippen LogP contribution in [0.15, 0.2) is 52.2 Å². The van der Waals surface area contributed by atoms with Gasteiger partial charge in [-0.1, -0.05) is 0 Å². The first-order valence-corrected chi connectivity index (χ1v) is 12.6. The van der Waals surface area contributed by atoms with Crippen molar-refractivity contribution >= 4 is 17.5 Å². The van der Waals surface area contributed by atoms with Gasteiger partial charge in [-0.3, -0.25) is 19.3 Å². The number of anilines is 2. The monoisotopic (exact) mass is 545 g/mol. The molecule has 1 atom stereocenters. The number of carboxylic acid groups (broad SMARTS) is 1. The van der Waals surface area contributed by atoms with Crippen LogP contribution in [0.4, 0.5) is 24.7 Å². The van der Waals surface area contributed by atoms with Crippen molar-refractivity contribution in [3.8, 4) is 11.4 Å². The number of aromatic nitrogens is 3. The van der Waals surface area contributed by atoms with Crippen LogP contribution in [0.3, 0.4) is 0 Å². The smallest absolute Gasteiger partial charge is 0.480 e. The van der Waals surface area contributed by atoms with Crippen LogP contribution in [0.25, 0.3) is 5.69 Å². The Bertz CT molecular complexity index is 1500. The normalized spacial score (nSPS) is 17.3. The molecule has 1 saturated heterocycles. The lowest BCUT2D eigenvalue weighted by molar-refractivity contribution is -0.274. The van der Waals surface area contributed by atoms with Gasteiger partial charge >= 0.3 is 12.3 Å². The van der Waals surface area contributed by atoms with Crippen LogP contribution in [0.1, 0.15) is 30.4 Å². The number of aliphatic carboxylic acids is 1. The maximum absolute atomic E-state index is 13.2. The fourth-order valence-corrected chi connectivity index (χ4v) is 5.18. The number of benzene rings is 1. The van der Waals surface area contributed by atoms with E-state index in [0.29, 0.717) is 55.8 Å². The molecule has 5 rings (SSSR count). The molecule has 1 aliphatic carbocycles. The molecule has 1 aliphatic heterocycles. The second-order valence-electron chi connectivity index (χ2n) is 9.50. The van der Waals surface area contributed by atoms with Crippen molar-refractivity contribution in [3.05, 3.63) is 74.4 Å². The molecule has 1 unspecified atom stereocenters. The Morgan fingerprint density at radius 3 is 2.51 bits per heavy atom. The maximum Gasteiger partial charge on any atom is 0.573 e. The third kappa shape index (κ3) is 5.67. The van der Waals surface area contributed by atoms with Gasteiger partial charge in [-0.05, 0) is 75.0 Å². The highest BCUT2D eigenvalue weighted by molar-refractivity contribution is 5.73. The van der Waals surface area contributed by atoms with E-state index in [9.17, 15) is 32.7 Å². The van der Waals surface area contributed by atoms with E-state index in [1.807, 2.05) is 4.90 Å². The summed E-state index contributed by atoms with van der Waals surface area (Å²) in [5.74, 6) is -0.974. The Hall–Kier alpha value is -4.13. The Morgan fingerprint density at radius 2 is 1.79 bits per heavy atom. The molecule has 1 fully saturated rings. The summed E-state index contributed by atoms with van der Waals surface area (Å²) in [6.45, 7) is 1.37. The molecule has 0 radical (unpaired) electrons. The van der Waals surface area contributed by atoms with Crippen LogP contribution in [-0.2, 0) is 24.2 Å². The lowest BCUT2D eigenvalue weighted by Gasteiger charge is -2.21. The number of pyridine rings is 1. The molecule has 3 aromatic rings. The topological polar surface area (TPSA) is 119 Å². The summed E-state index contributed by atoms with van der Waals surface area (Å²) in [4.78, 5) is 39.7. The van der Waals surface area contributed by atoms with Gasteiger partial charge in [0.1, 0.15) is 17.5 Å². The highest BCUT2D eigenvalue weighted by Crippen LogP contribution is 2.28. The zero-order valence-corrected chi connectivity index (χ0v) is 20.8. The number of carbonyl (C=O) groups is 1. The van der Waals surface area contributed by atoms with Crippen molar-refractivity contribution in [2.45, 2.75) is 51.1 Å². The number of fused-ring (bicyclic) bond motifs is 1. The SMILES string of the molecule is O=C(O)C1CCCN1CCn1cccc(Nc2nn(-c3ccc(OC(F)(F)F)cc3)c(=O)c3c2CCC3)c1=O. The Balaban J connectivity index is 1.41. The second kappa shape index (κ2) is 10.6. The van der Waals surface area contributed by atoms with E-state index in [1.165, 1.54) is 16.7 Å². The van der Waals surface area contributed by atoms with Crippen molar-refractivity contribution in [3.63, 3.8) is 0 Å². The number of nitrogens with zero attached hydrogens (tertiary/aromatic N) is 4. The van der Waals surface area contributed by atoms with E-state index in [0.717, 1.165) is 29.7 Å². The molecule has 0 spiro atoms. The first kappa shape index (κ1) is 26.5. The van der Waals surface area contributed by atoms with Crippen molar-refractivity contribution in [2.24, 2.45) is 0 Å². The minimum absolute atomic E-state index is 0.231. The van der Waals surface area contributed by atoms with Gasteiger partial charge in [0.05, 0.1) is 5.69 Å². The zero-order valence-electron chi connectivity index (χ0n) is 20.8. The second-order valence-corrected chi connectivity index (χ2v) is 9.50. The molecule has 2 N–H and O–H groups in total. The largest absolute Gasteiger partial charge is 0.573 e. The third-order valence-corrected chi connectivity index (χ3v) is 7.02. The molecule has 1 aromatic carbocycles. The predicted octanol–water partition coefficient (Wildman–Crippen LogP) is 3.07. The van der Waals surface area contributed by atoms with Gasteiger partial charge < -0.3 is 19.7 Å². The summed E-state index contributed by atoms with van der Waals surface area (Å²) in [6, 6.07) is 7.54. The minimum atomic E-state index is -4.84. The molecule has 0 amide bonds. The van der Waals surface area contributed by atoms with E-state index in [1.54, 1.807) is 18.3 Å². The van der Waals surface area contributed by atoms with Crippen molar-refractivity contribution < 1.29 is 27.8 Å². The molecule has 206 valence electrons. The number of likely N-dealkylation sites (tertiary alicyclic amines) is 1. The van der Waals surface area contributed by atoms with Crippen molar-refractivity contribution in [2.75, 3.05) is 18.4 Å². The standard InChI is InChI=1S/C26H26F3N5O5/c27-26(28,29)39-17-10-8-16(9-11-17)34-23(35)19-5-1-4-18(19)22(31-34)30-20-6-2-13-33(24(20)36)15-14-32-12-3-7-21(32)25(37)38/h2,6,8-11,13,21H,1,3-5,7,12,14-15H2,(H,30,31)(H,37,38). The number of nitrogens with one attached hydrogen (secondary N) is 1. The van der Waals surface area contributed by atoms with Crippen LogP contribution in [0.5, 0.6) is 5.75 Å². The minimum Gasteiger partial charge on any atom is -0.480 e. The third-order valence-electron chi connectivity index (χ3n) is 7.02. The molecule has 10 nitrogen and oxygen atoms in total. The quantitative estimate of drug-likeness (QED) is 0.444. The Morgan fingerprint density at radius 1 is 1.05 bits per heavy atom. The summed E-state index contributed by atoms with van der Waals surface area (Å²) in [5.41, 5.74) is 1.01. The van der Waals surface area contributed by atoms with E-state index in [4.69, 9.17) is 0 Å². The molecule has 0 saturated carbocycles. The van der Waals surface area contributed by atoms with E-state index >= 15 is 0 Å². The number of halogens is 3. The number of hydrogen-bond acceptors (Lipinski definition) is 7. The van der Waals surface area contributed by atoms with Gasteiger partial charge in [-0.25, -0.2) is 0 Å². The Labute approximate surface area is 220 Å². The van der Waals surface area contributed by atoms with E-state index in [-0.39, 0.29) is 22.5 Å². The van der Waals surface area contributed by atoms with Gasteiger partial charge in [-0.2, -0.15) is 4.68 Å². The first-order valence-electron chi connectivity index (χ1n) is 12.6. The fraction of sp³-hybridized carbons (Fsp3) is 0.385. The summed E-state index contributed by atoms with van der Waals surface area (Å²) in [7, 11) is 0. The molecule has 0 bridgehead atoms. The average Bonchev–Trinajstić information content (AvgIpc) is 3.56. The number of ether oxygens (including phenoxy) is 1. The molecule has 3 heterocycles. The number of rotatable bonds is 8. The summed E-state index contributed by atoms with van der Waals surface area (Å²) in [5, 5.41) is 16.9. The maximum atomic E-state index is 13.2. The lowest BCUT2D eigenvalue weighted by Crippen LogP contribution is -2.39. The highest BCUT2D eigenvalue weighted by atomic mass is 19.4. The Kier molecular flexibility index (Phi) is 7.17. The molecular weight excluding hydrogens is 519 g/mol. The first-order chi connectivity index (χ1) is 18.6. The zero-order chi connectivity index (χ0) is 27.7. The van der Waals surface area contributed by atoms with Crippen LogP contribution < -0.4 is 21.2 Å². The summed E-state index contributed by atoms with van der Waals surface area (Å²) < 4.78 is 44.1. The fourth-order valence-electron chi connectivity index (χ4n) is 5.18. The van der Waals surface area contributed by atoms with Crippen molar-refractivity contribution in [1.29, 1.82) is 0 Å². The van der Waals surface area contributed by atoms with Crippen LogP contribution in [0.2, 0.25) is 0 Å². The summed E-state index contributed by atoms with van der Waals surface area (Å²) >= 11 is 0. The lowest BCUT2D eigenvalue weighted by atomic mass is 10.2. The van der Waals surface area contributed by atoms with Gasteiger partial charge in [0, 0.05) is 30.4 Å². The van der Waals surface area contributed by atoms with Crippen LogP contribution >= 0.6 is 0 Å². The molecule has 2 aliphatic rings. The van der Waals surface area contributed by atoms with Crippen LogP contribution in [-0.4, -0.2) is 55.8 Å². The van der Waals surface area contributed by atoms with Crippen molar-refractivity contribution in [1.82, 2.24) is 19.2 Å². The van der Waals surface area contributed by atoms with Gasteiger partial charge in [0.2, 0.25) is 0 Å². The molecule has 39 heavy (non-hydrogen) atoms. The highest BCUT2D eigenvalue weighted by Gasteiger charge is 2.31. The van der Waals surface area contributed by atoms with Gasteiger partial charge in [0.15, 0.2) is 5.82 Å². The van der Waals surface area contributed by atoms with E-state index in [2.05, 4.69) is 15.2 Å². The van der Waals surface area contributed by atoms with Gasteiger partial charge in [-0.15, -0.1) is 18.3 Å². The molecule has 13 heteroatoms. The van der Waals surface area contributed by atoms with Gasteiger partial charge in [0.25, 0.3) is 11.1 Å². The number of hydrogen-bond donors (Lipinski definition) is 2. The van der Waals surface area contributed by atoms with E-state index < -0.39 is 24.1 Å². The number of alkyl halides is 3. The predicted molar refractivity (Wildman–Crippen MR) is 135 cm³/mol. The molecule has 2 aromatic heterocycles. The molecular formula is C26H26F3N5O5. The number of carboxylic acids is 1. The average molecular weight is 546 g/mol.